The van der Waals surface area contributed by atoms with E-state index in [9.17, 15) is 9.59 Å². The third-order valence-electron chi connectivity index (χ3n) is 3.10. The number of carbonyl (C=O) groups is 2. The van der Waals surface area contributed by atoms with Crippen LogP contribution in [0.1, 0.15) is 32.1 Å². The van der Waals surface area contributed by atoms with Gasteiger partial charge in [-0.15, -0.1) is 0 Å². The number of hydrogen-bond acceptors (Lipinski definition) is 4. The Hall–Kier alpha value is -1.14. The second-order valence-corrected chi connectivity index (χ2v) is 4.36. The van der Waals surface area contributed by atoms with Gasteiger partial charge in [-0.2, -0.15) is 0 Å². The van der Waals surface area contributed by atoms with E-state index in [1.54, 1.807) is 0 Å². The highest BCUT2D eigenvalue weighted by molar-refractivity contribution is 5.93. The number of nitrogens with zero attached hydrogens (tertiary/aromatic N) is 1. The fourth-order valence-corrected chi connectivity index (χ4v) is 2.28. The summed E-state index contributed by atoms with van der Waals surface area (Å²) in [6, 6.07) is -0.448. The molecule has 1 atom stereocenters. The van der Waals surface area contributed by atoms with Gasteiger partial charge in [0.1, 0.15) is 0 Å². The largest absolute Gasteiger partial charge is 0.396 e. The SMILES string of the molecule is NC(=O)NC(=O)CCN1CCCCC1CCO. The summed E-state index contributed by atoms with van der Waals surface area (Å²) >= 11 is 0. The van der Waals surface area contributed by atoms with Crippen LogP contribution in [0.4, 0.5) is 4.79 Å². The van der Waals surface area contributed by atoms with Crippen LogP contribution in [-0.2, 0) is 4.79 Å². The van der Waals surface area contributed by atoms with Gasteiger partial charge < -0.3 is 10.8 Å². The number of amides is 3. The Bertz CT molecular complexity index is 269. The number of hydrogen-bond donors (Lipinski definition) is 3. The molecule has 3 amide bonds. The smallest absolute Gasteiger partial charge is 0.318 e. The van der Waals surface area contributed by atoms with E-state index in [4.69, 9.17) is 10.8 Å². The topological polar surface area (TPSA) is 95.7 Å². The highest BCUT2D eigenvalue weighted by Gasteiger charge is 2.22. The minimum Gasteiger partial charge on any atom is -0.396 e. The van der Waals surface area contributed by atoms with E-state index in [0.717, 1.165) is 25.8 Å². The number of likely N-dealkylation sites (tertiary alicyclic amines) is 1. The molecule has 1 aliphatic heterocycles. The van der Waals surface area contributed by atoms with Crippen molar-refractivity contribution in [1.82, 2.24) is 10.2 Å². The lowest BCUT2D eigenvalue weighted by Crippen LogP contribution is -2.43. The minimum atomic E-state index is -0.805. The first-order valence-electron chi connectivity index (χ1n) is 6.07. The molecule has 0 spiro atoms. The van der Waals surface area contributed by atoms with E-state index in [1.165, 1.54) is 6.42 Å². The van der Waals surface area contributed by atoms with Crippen molar-refractivity contribution >= 4 is 11.9 Å². The Morgan fingerprint density at radius 1 is 1.41 bits per heavy atom. The van der Waals surface area contributed by atoms with E-state index >= 15 is 0 Å². The van der Waals surface area contributed by atoms with Crippen LogP contribution in [0.15, 0.2) is 0 Å². The van der Waals surface area contributed by atoms with Gasteiger partial charge in [-0.05, 0) is 25.8 Å². The van der Waals surface area contributed by atoms with Crippen molar-refractivity contribution in [2.45, 2.75) is 38.1 Å². The zero-order valence-electron chi connectivity index (χ0n) is 10.0. The standard InChI is InChI=1S/C11H21N3O3/c12-11(17)13-10(16)4-7-14-6-2-1-3-9(14)5-8-15/h9,15H,1-8H2,(H3,12,13,16,17). The van der Waals surface area contributed by atoms with Crippen LogP contribution in [-0.4, -0.2) is 47.7 Å². The Kier molecular flexibility index (Phi) is 5.93. The van der Waals surface area contributed by atoms with E-state index in [-0.39, 0.29) is 18.9 Å². The lowest BCUT2D eigenvalue weighted by molar-refractivity contribution is -0.120. The van der Waals surface area contributed by atoms with Gasteiger partial charge in [0.05, 0.1) is 0 Å². The minimum absolute atomic E-state index is 0.175. The number of primary amides is 1. The number of piperidine rings is 1. The molecule has 0 aromatic rings. The van der Waals surface area contributed by atoms with Crippen molar-refractivity contribution in [2.24, 2.45) is 5.73 Å². The molecule has 0 bridgehead atoms. The van der Waals surface area contributed by atoms with Crippen LogP contribution < -0.4 is 11.1 Å². The molecule has 1 unspecified atom stereocenters. The molecule has 0 aromatic heterocycles. The second kappa shape index (κ2) is 7.24. The number of aliphatic hydroxyl groups is 1. The Labute approximate surface area is 101 Å². The molecular formula is C11H21N3O3. The molecule has 6 nitrogen and oxygen atoms in total. The molecule has 1 aliphatic rings. The third kappa shape index (κ3) is 5.14. The fraction of sp³-hybridized carbons (Fsp3) is 0.818. The molecule has 0 saturated carbocycles. The molecule has 98 valence electrons. The maximum Gasteiger partial charge on any atom is 0.318 e. The predicted octanol–water partition coefficient (Wildman–Crippen LogP) is -0.192. The Morgan fingerprint density at radius 3 is 2.82 bits per heavy atom. The quantitative estimate of drug-likeness (QED) is 0.623. The normalized spacial score (nSPS) is 21.1. The highest BCUT2D eigenvalue weighted by atomic mass is 16.3. The summed E-state index contributed by atoms with van der Waals surface area (Å²) in [5.41, 5.74) is 4.86. The van der Waals surface area contributed by atoms with Crippen LogP contribution in [0.3, 0.4) is 0 Å². The lowest BCUT2D eigenvalue weighted by Gasteiger charge is -2.35. The van der Waals surface area contributed by atoms with E-state index in [1.807, 2.05) is 0 Å². The van der Waals surface area contributed by atoms with Gasteiger partial charge >= 0.3 is 6.03 Å². The third-order valence-corrected chi connectivity index (χ3v) is 3.10. The molecule has 6 heteroatoms. The van der Waals surface area contributed by atoms with Gasteiger partial charge in [-0.1, -0.05) is 6.42 Å². The maximum absolute atomic E-state index is 11.3. The molecule has 0 radical (unpaired) electrons. The molecule has 0 aliphatic carbocycles. The molecular weight excluding hydrogens is 222 g/mol. The number of urea groups is 1. The predicted molar refractivity (Wildman–Crippen MR) is 63.3 cm³/mol. The van der Waals surface area contributed by atoms with Gasteiger partial charge in [-0.25, -0.2) is 4.79 Å². The number of nitrogens with one attached hydrogen (secondary N) is 1. The monoisotopic (exact) mass is 243 g/mol. The second-order valence-electron chi connectivity index (χ2n) is 4.36. The number of rotatable bonds is 5. The number of imide groups is 1. The summed E-state index contributed by atoms with van der Waals surface area (Å²) in [7, 11) is 0. The van der Waals surface area contributed by atoms with Crippen molar-refractivity contribution in [1.29, 1.82) is 0 Å². The molecule has 1 saturated heterocycles. The Morgan fingerprint density at radius 2 is 2.18 bits per heavy atom. The average Bonchev–Trinajstić information content (AvgIpc) is 2.27. The summed E-state index contributed by atoms with van der Waals surface area (Å²) in [4.78, 5) is 24.0. The summed E-state index contributed by atoms with van der Waals surface area (Å²) in [5, 5.41) is 11.0. The molecule has 1 heterocycles. The lowest BCUT2D eigenvalue weighted by atomic mass is 9.99. The molecule has 1 fully saturated rings. The van der Waals surface area contributed by atoms with E-state index in [2.05, 4.69) is 10.2 Å². The summed E-state index contributed by atoms with van der Waals surface area (Å²) < 4.78 is 0. The first-order chi connectivity index (χ1) is 8.13. The molecule has 17 heavy (non-hydrogen) atoms. The zero-order valence-corrected chi connectivity index (χ0v) is 10.0. The summed E-state index contributed by atoms with van der Waals surface area (Å²) in [5.74, 6) is -0.342. The zero-order chi connectivity index (χ0) is 12.7. The molecule has 1 rings (SSSR count). The number of aliphatic hydroxyl groups excluding tert-OH is 1. The van der Waals surface area contributed by atoms with Gasteiger partial charge in [-0.3, -0.25) is 15.0 Å². The summed E-state index contributed by atoms with van der Waals surface area (Å²) in [6.45, 7) is 1.74. The highest BCUT2D eigenvalue weighted by Crippen LogP contribution is 2.19. The maximum atomic E-state index is 11.3. The summed E-state index contributed by atoms with van der Waals surface area (Å²) in [6.07, 6.45) is 4.38. The van der Waals surface area contributed by atoms with Crippen molar-refractivity contribution < 1.29 is 14.7 Å². The van der Waals surface area contributed by atoms with Crippen LogP contribution in [0.25, 0.3) is 0 Å². The Balaban J connectivity index is 2.32. The van der Waals surface area contributed by atoms with Gasteiger partial charge in [0.15, 0.2) is 0 Å². The number of carbonyl (C=O) groups excluding carboxylic acids is 2. The van der Waals surface area contributed by atoms with E-state index < -0.39 is 6.03 Å². The van der Waals surface area contributed by atoms with E-state index in [0.29, 0.717) is 12.6 Å². The average molecular weight is 243 g/mol. The van der Waals surface area contributed by atoms with Crippen molar-refractivity contribution in [3.8, 4) is 0 Å². The van der Waals surface area contributed by atoms with Gasteiger partial charge in [0, 0.05) is 25.6 Å². The van der Waals surface area contributed by atoms with Gasteiger partial charge in [0.2, 0.25) is 5.91 Å². The first-order valence-corrected chi connectivity index (χ1v) is 6.07. The first kappa shape index (κ1) is 13.9. The number of nitrogens with two attached hydrogens (primary N) is 1. The van der Waals surface area contributed by atoms with Crippen LogP contribution in [0.2, 0.25) is 0 Å². The molecule has 0 aromatic carbocycles. The van der Waals surface area contributed by atoms with Crippen molar-refractivity contribution in [3.63, 3.8) is 0 Å². The molecule has 4 N–H and O–H groups in total. The van der Waals surface area contributed by atoms with Crippen LogP contribution in [0, 0.1) is 0 Å². The van der Waals surface area contributed by atoms with Crippen LogP contribution >= 0.6 is 0 Å². The van der Waals surface area contributed by atoms with Crippen molar-refractivity contribution in [3.05, 3.63) is 0 Å². The van der Waals surface area contributed by atoms with Gasteiger partial charge in [0.25, 0.3) is 0 Å². The van der Waals surface area contributed by atoms with Crippen LogP contribution in [0.5, 0.6) is 0 Å². The van der Waals surface area contributed by atoms with Crippen molar-refractivity contribution in [2.75, 3.05) is 19.7 Å². The fourth-order valence-electron chi connectivity index (χ4n) is 2.28.